The second-order valence-corrected chi connectivity index (χ2v) is 24.4. The number of hydrogen-bond acceptors (Lipinski definition) is 17. The molecule has 27 heteroatoms. The fraction of sp³-hybridized carbons (Fsp3) is 0.574. The van der Waals surface area contributed by atoms with Gasteiger partial charge in [0.1, 0.15) is 53.4 Å². The SMILES string of the molecule is COc1cc2cc(c1Cl)N(C)C(=O)C[C@H](OC(=O)C(C)C)C1(C)O[C@H]1[C@H](C)[C@@H]1C[C@@](O)(NC(=O)O1)[C@H](OC)/C=C/C1N(C(=O)OCc3ccc(NC(=O)[C@H](CCCNC(N)=O)NC(=O)[C@@H](NC(=O)CCCCCN4C(=O)C=CC4=O)C(C)C)cc3)[C@]1(C)C2. The number of methoxy groups -OCH3 is 2. The summed E-state index contributed by atoms with van der Waals surface area (Å²) in [5.74, 6) is -4.70. The Kier molecular flexibility index (Phi) is 22.0. The summed E-state index contributed by atoms with van der Waals surface area (Å²) in [5, 5.41) is 25.6. The van der Waals surface area contributed by atoms with E-state index in [0.717, 1.165) is 4.90 Å². The second kappa shape index (κ2) is 28.6. The number of ether oxygens (including phenoxy) is 6. The molecule has 7 rings (SSSR count). The van der Waals surface area contributed by atoms with E-state index in [0.29, 0.717) is 36.1 Å². The highest BCUT2D eigenvalue weighted by molar-refractivity contribution is 6.35. The number of unbranched alkanes of at least 4 members (excludes halogenated alkanes) is 2. The first-order chi connectivity index (χ1) is 41.5. The van der Waals surface area contributed by atoms with E-state index in [9.17, 15) is 53.1 Å². The van der Waals surface area contributed by atoms with Gasteiger partial charge in [-0.15, -0.1) is 0 Å². The van der Waals surface area contributed by atoms with E-state index < -0.39 is 119 Å². The van der Waals surface area contributed by atoms with E-state index in [1.54, 1.807) is 90.1 Å². The van der Waals surface area contributed by atoms with Crippen molar-refractivity contribution in [3.63, 3.8) is 0 Å². The van der Waals surface area contributed by atoms with Gasteiger partial charge < -0.3 is 65.4 Å². The van der Waals surface area contributed by atoms with Crippen LogP contribution in [0.2, 0.25) is 5.02 Å². The van der Waals surface area contributed by atoms with Crippen LogP contribution in [0.1, 0.15) is 111 Å². The minimum absolute atomic E-state index is 0.0737. The molecule has 0 aliphatic carbocycles. The van der Waals surface area contributed by atoms with Crippen molar-refractivity contribution in [2.24, 2.45) is 23.5 Å². The number of carbonyl (C=O) groups excluding carboxylic acids is 10. The van der Waals surface area contributed by atoms with E-state index >= 15 is 0 Å². The zero-order valence-corrected chi connectivity index (χ0v) is 52.1. The summed E-state index contributed by atoms with van der Waals surface area (Å²) in [7, 11) is 4.31. The van der Waals surface area contributed by atoms with E-state index in [4.69, 9.17) is 45.8 Å². The van der Waals surface area contributed by atoms with Gasteiger partial charge in [0.15, 0.2) is 5.72 Å². The number of imide groups is 1. The van der Waals surface area contributed by atoms with Gasteiger partial charge in [-0.05, 0) is 87.3 Å². The number of alkyl carbamates (subject to hydrolysis) is 1. The molecule has 88 heavy (non-hydrogen) atoms. The Balaban J connectivity index is 1.06. The van der Waals surface area contributed by atoms with Gasteiger partial charge in [0.2, 0.25) is 23.6 Å². The van der Waals surface area contributed by atoms with E-state index in [-0.39, 0.29) is 92.4 Å². The molecule has 11 atom stereocenters. The molecule has 3 fully saturated rings. The number of fused-ring (bicyclic) bond motifs is 6. The molecule has 0 saturated carbocycles. The number of hydrogen-bond donors (Lipinski definition) is 7. The molecule has 8 N–H and O–H groups in total. The number of halogens is 1. The van der Waals surface area contributed by atoms with Crippen LogP contribution in [-0.2, 0) is 70.3 Å². The van der Waals surface area contributed by atoms with E-state index in [2.05, 4.69) is 26.6 Å². The van der Waals surface area contributed by atoms with Gasteiger partial charge in [-0.3, -0.25) is 48.7 Å². The summed E-state index contributed by atoms with van der Waals surface area (Å²) >= 11 is 6.93. The molecule has 2 aromatic carbocycles. The number of epoxide rings is 1. The first-order valence-electron chi connectivity index (χ1n) is 29.5. The molecule has 0 spiro atoms. The molecule has 2 unspecified atom stereocenters. The maximum atomic E-state index is 14.4. The van der Waals surface area contributed by atoms with Crippen LogP contribution < -0.4 is 42.0 Å². The zero-order valence-electron chi connectivity index (χ0n) is 51.3. The lowest BCUT2D eigenvalue weighted by molar-refractivity contribution is -0.157. The van der Waals surface area contributed by atoms with Crippen LogP contribution >= 0.6 is 11.6 Å². The number of nitrogens with two attached hydrogens (primary N) is 1. The molecular formula is C61H82ClN9O17. The fourth-order valence-corrected chi connectivity index (χ4v) is 11.7. The van der Waals surface area contributed by atoms with Crippen molar-refractivity contribution in [1.82, 2.24) is 31.1 Å². The molecule has 3 saturated heterocycles. The van der Waals surface area contributed by atoms with Crippen molar-refractivity contribution in [1.29, 1.82) is 0 Å². The van der Waals surface area contributed by atoms with Crippen LogP contribution in [0.3, 0.4) is 0 Å². The zero-order chi connectivity index (χ0) is 64.6. The van der Waals surface area contributed by atoms with Gasteiger partial charge in [-0.2, -0.15) is 0 Å². The number of urea groups is 1. The Morgan fingerprint density at radius 3 is 2.25 bits per heavy atom. The number of amides is 10. The Morgan fingerprint density at radius 1 is 0.920 bits per heavy atom. The maximum Gasteiger partial charge on any atom is 0.411 e. The quantitative estimate of drug-likeness (QED) is 0.0211. The summed E-state index contributed by atoms with van der Waals surface area (Å²) < 4.78 is 35.4. The lowest BCUT2D eigenvalue weighted by Gasteiger charge is -2.42. The normalized spacial score (nSPS) is 26.8. The predicted molar refractivity (Wildman–Crippen MR) is 319 cm³/mol. The summed E-state index contributed by atoms with van der Waals surface area (Å²) in [6.45, 7) is 12.2. The highest BCUT2D eigenvalue weighted by atomic mass is 35.5. The van der Waals surface area contributed by atoms with Gasteiger partial charge >= 0.3 is 24.2 Å². The number of esters is 1. The second-order valence-electron chi connectivity index (χ2n) is 24.0. The fourth-order valence-electron chi connectivity index (χ4n) is 11.4. The molecule has 5 heterocycles. The molecule has 26 nitrogen and oxygen atoms in total. The van der Waals surface area contributed by atoms with Crippen LogP contribution in [-0.4, -0.2) is 168 Å². The standard InChI is InChI=1S/C61H82ClN9O17/c1-33(2)51(67-46(72)16-12-11-13-26-70-47(73)23-24-48(70)74)54(77)66-39(15-14-25-64-56(63)79)53(76)65-38-19-17-36(18-20-38)32-85-58(81)71-43-21-22-44(84-10)61(82)31-42(86-57(80)68-61)35(5)52-60(7,88-52)45(87-55(78)34(3)4)29-49(75)69(8)40-27-37(30-59(43,71)6)28-41(83-9)50(40)62/h17-24,27-28,33-35,39,42-45,51-52,82H,11-16,25-26,29-32H2,1-10H3,(H,65,76)(H,66,77)(H,67,72)(H,68,80)(H3,63,64,79)/b22-21+/t35-,39+,42+,43?,44-,45+,51+,52+,59-,60?,61+,71?/m1/s1. The van der Waals surface area contributed by atoms with E-state index in [1.807, 2.05) is 6.92 Å². The Labute approximate surface area is 516 Å². The Morgan fingerprint density at radius 2 is 1.61 bits per heavy atom. The van der Waals surface area contributed by atoms with Gasteiger partial charge in [0.05, 0.1) is 42.8 Å². The van der Waals surface area contributed by atoms with Crippen molar-refractivity contribution in [3.05, 3.63) is 76.9 Å². The molecule has 4 bridgehead atoms. The molecule has 5 aliphatic heterocycles. The molecule has 10 amide bonds. The number of anilines is 2. The summed E-state index contributed by atoms with van der Waals surface area (Å²) in [5.41, 5.74) is 2.71. The number of carbonyl (C=O) groups is 10. The predicted octanol–water partition coefficient (Wildman–Crippen LogP) is 4.66. The molecule has 0 aromatic heterocycles. The lowest BCUT2D eigenvalue weighted by atomic mass is 9.83. The third kappa shape index (κ3) is 16.1. The van der Waals surface area contributed by atoms with Crippen LogP contribution in [0.25, 0.3) is 0 Å². The third-order valence-electron chi connectivity index (χ3n) is 16.8. The monoisotopic (exact) mass is 1250 g/mol. The van der Waals surface area contributed by atoms with Crippen molar-refractivity contribution < 1.29 is 81.5 Å². The summed E-state index contributed by atoms with van der Waals surface area (Å²) in [6, 6.07) is 6.20. The Bertz CT molecular complexity index is 3030. The van der Waals surface area contributed by atoms with Crippen LogP contribution in [0.5, 0.6) is 5.75 Å². The van der Waals surface area contributed by atoms with Crippen LogP contribution in [0, 0.1) is 17.8 Å². The van der Waals surface area contributed by atoms with Crippen LogP contribution in [0.15, 0.2) is 60.7 Å². The number of rotatable bonds is 22. The van der Waals surface area contributed by atoms with Crippen LogP contribution in [0.4, 0.5) is 25.8 Å². The number of nitrogens with one attached hydrogen (secondary N) is 5. The minimum Gasteiger partial charge on any atom is -0.495 e. The first-order valence-corrected chi connectivity index (χ1v) is 29.9. The average molecular weight is 1250 g/mol. The minimum atomic E-state index is -2.03. The van der Waals surface area contributed by atoms with Gasteiger partial charge in [0.25, 0.3) is 11.8 Å². The molecule has 2 aromatic rings. The number of nitrogens with zero attached hydrogens (tertiary/aromatic N) is 3. The summed E-state index contributed by atoms with van der Waals surface area (Å²) in [4.78, 5) is 135. The molecule has 480 valence electrons. The van der Waals surface area contributed by atoms with Crippen molar-refractivity contribution in [2.75, 3.05) is 44.6 Å². The first kappa shape index (κ1) is 67.7. The van der Waals surface area contributed by atoms with Gasteiger partial charge in [-0.25, -0.2) is 14.4 Å². The molecular weight excluding hydrogens is 1170 g/mol. The highest BCUT2D eigenvalue weighted by Gasteiger charge is 2.65. The largest absolute Gasteiger partial charge is 0.495 e. The average Bonchev–Trinajstić information content (AvgIpc) is 1.67. The number of benzene rings is 2. The summed E-state index contributed by atoms with van der Waals surface area (Å²) in [6.07, 6.45) is 1.59. The lowest BCUT2D eigenvalue weighted by Crippen LogP contribution is -2.63. The molecule has 5 aliphatic rings. The number of aliphatic hydroxyl groups is 1. The number of primary amides is 1. The Hall–Kier alpha value is -7.81. The van der Waals surface area contributed by atoms with E-state index in [1.165, 1.54) is 43.2 Å². The highest BCUT2D eigenvalue weighted by Crippen LogP contribution is 2.51. The molecule has 0 radical (unpaired) electrons. The van der Waals surface area contributed by atoms with Crippen molar-refractivity contribution in [2.45, 2.75) is 172 Å². The van der Waals surface area contributed by atoms with Crippen molar-refractivity contribution >= 4 is 82.6 Å². The maximum absolute atomic E-state index is 14.4. The topological polar surface area (TPSA) is 345 Å². The smallest absolute Gasteiger partial charge is 0.411 e. The third-order valence-corrected chi connectivity index (χ3v) is 17.2. The van der Waals surface area contributed by atoms with Gasteiger partial charge in [-0.1, -0.05) is 76.9 Å². The van der Waals surface area contributed by atoms with Crippen molar-refractivity contribution in [3.8, 4) is 5.75 Å². The van der Waals surface area contributed by atoms with Gasteiger partial charge in [0, 0.05) is 63.8 Å².